The number of piperidine rings is 1. The molecule has 1 aromatic heterocycles. The second-order valence-electron chi connectivity index (χ2n) is 5.93. The highest BCUT2D eigenvalue weighted by molar-refractivity contribution is 5.73. The quantitative estimate of drug-likeness (QED) is 0.902. The van der Waals surface area contributed by atoms with Crippen molar-refractivity contribution < 1.29 is 4.79 Å². The molecule has 0 aliphatic carbocycles. The number of pyridine rings is 1. The van der Waals surface area contributed by atoms with Crippen LogP contribution in [0.3, 0.4) is 0 Å². The van der Waals surface area contributed by atoms with Crippen LogP contribution in [0.15, 0.2) is 24.4 Å². The molecule has 0 saturated carbocycles. The number of amides is 2. The van der Waals surface area contributed by atoms with Crippen LogP contribution in [0.25, 0.3) is 0 Å². The zero-order valence-electron chi connectivity index (χ0n) is 13.1. The van der Waals surface area contributed by atoms with Crippen LogP contribution < -0.4 is 5.32 Å². The monoisotopic (exact) mass is 290 g/mol. The van der Waals surface area contributed by atoms with Crippen molar-refractivity contribution >= 4 is 6.03 Å². The Kier molecular flexibility index (Phi) is 5.99. The Morgan fingerprint density at radius 2 is 2.19 bits per heavy atom. The van der Waals surface area contributed by atoms with Crippen LogP contribution >= 0.6 is 0 Å². The first kappa shape index (κ1) is 15.8. The van der Waals surface area contributed by atoms with E-state index in [1.165, 1.54) is 12.8 Å². The summed E-state index contributed by atoms with van der Waals surface area (Å²) in [6.45, 7) is 6.80. The van der Waals surface area contributed by atoms with E-state index in [2.05, 4.69) is 22.1 Å². The Bertz CT molecular complexity index is 429. The van der Waals surface area contributed by atoms with Crippen LogP contribution in [-0.4, -0.2) is 54.0 Å². The minimum atomic E-state index is -0.0361. The van der Waals surface area contributed by atoms with E-state index in [4.69, 9.17) is 0 Å². The van der Waals surface area contributed by atoms with Gasteiger partial charge in [0.1, 0.15) is 0 Å². The number of rotatable bonds is 5. The largest absolute Gasteiger partial charge is 0.337 e. The van der Waals surface area contributed by atoms with Crippen molar-refractivity contribution in [3.05, 3.63) is 30.1 Å². The third-order valence-electron chi connectivity index (χ3n) is 4.05. The number of hydrogen-bond acceptors (Lipinski definition) is 3. The lowest BCUT2D eigenvalue weighted by atomic mass is 9.99. The predicted molar refractivity (Wildman–Crippen MR) is 83.9 cm³/mol. The number of urea groups is 1. The fourth-order valence-electron chi connectivity index (χ4n) is 2.55. The average molecular weight is 290 g/mol. The summed E-state index contributed by atoms with van der Waals surface area (Å²) in [5.41, 5.74) is 0.903. The molecule has 1 saturated heterocycles. The minimum Gasteiger partial charge on any atom is -0.337 e. The van der Waals surface area contributed by atoms with Gasteiger partial charge in [0.2, 0.25) is 0 Å². The van der Waals surface area contributed by atoms with Gasteiger partial charge < -0.3 is 15.1 Å². The SMILES string of the molecule is CC1CCN(CCNC(=O)N(C)Cc2ccccn2)CC1. The molecule has 1 aliphatic heterocycles. The zero-order chi connectivity index (χ0) is 15.1. The normalized spacial score (nSPS) is 16.7. The lowest BCUT2D eigenvalue weighted by Crippen LogP contribution is -2.42. The minimum absolute atomic E-state index is 0.0361. The second kappa shape index (κ2) is 7.98. The number of nitrogens with one attached hydrogen (secondary N) is 1. The van der Waals surface area contributed by atoms with Crippen LogP contribution in [-0.2, 0) is 6.54 Å². The van der Waals surface area contributed by atoms with Crippen molar-refractivity contribution in [1.82, 2.24) is 20.1 Å². The summed E-state index contributed by atoms with van der Waals surface area (Å²) in [6.07, 6.45) is 4.29. The first-order valence-electron chi connectivity index (χ1n) is 7.76. The number of carbonyl (C=O) groups is 1. The Morgan fingerprint density at radius 1 is 1.43 bits per heavy atom. The van der Waals surface area contributed by atoms with Crippen molar-refractivity contribution in [3.8, 4) is 0 Å². The summed E-state index contributed by atoms with van der Waals surface area (Å²) < 4.78 is 0. The molecule has 2 rings (SSSR count). The van der Waals surface area contributed by atoms with Crippen molar-refractivity contribution in [2.45, 2.75) is 26.3 Å². The molecule has 116 valence electrons. The average Bonchev–Trinajstić information content (AvgIpc) is 2.50. The van der Waals surface area contributed by atoms with Gasteiger partial charge in [0, 0.05) is 26.3 Å². The number of likely N-dealkylation sites (tertiary alicyclic amines) is 1. The Balaban J connectivity index is 1.65. The number of nitrogens with zero attached hydrogens (tertiary/aromatic N) is 3. The van der Waals surface area contributed by atoms with Gasteiger partial charge in [-0.15, -0.1) is 0 Å². The molecule has 5 nitrogen and oxygen atoms in total. The van der Waals surface area contributed by atoms with E-state index >= 15 is 0 Å². The standard InChI is InChI=1S/C16H26N4O/c1-14-6-10-20(11-7-14)12-9-18-16(21)19(2)13-15-5-3-4-8-17-15/h3-5,8,14H,6-7,9-13H2,1-2H3,(H,18,21). The van der Waals surface area contributed by atoms with Gasteiger partial charge in [0.15, 0.2) is 0 Å². The first-order chi connectivity index (χ1) is 10.1. The van der Waals surface area contributed by atoms with Crippen LogP contribution in [0.4, 0.5) is 4.79 Å². The maximum absolute atomic E-state index is 12.0. The molecule has 5 heteroatoms. The number of aromatic nitrogens is 1. The molecule has 1 aromatic rings. The molecule has 0 radical (unpaired) electrons. The fourth-order valence-corrected chi connectivity index (χ4v) is 2.55. The maximum Gasteiger partial charge on any atom is 0.317 e. The molecule has 0 aromatic carbocycles. The van der Waals surface area contributed by atoms with Crippen LogP contribution in [0.5, 0.6) is 0 Å². The molecule has 1 fully saturated rings. The molecule has 1 N–H and O–H groups in total. The Morgan fingerprint density at radius 3 is 2.86 bits per heavy atom. The van der Waals surface area contributed by atoms with E-state index in [1.54, 1.807) is 18.1 Å². The van der Waals surface area contributed by atoms with E-state index < -0.39 is 0 Å². The molecule has 0 spiro atoms. The zero-order valence-corrected chi connectivity index (χ0v) is 13.1. The molecular weight excluding hydrogens is 264 g/mol. The smallest absolute Gasteiger partial charge is 0.317 e. The van der Waals surface area contributed by atoms with Gasteiger partial charge in [-0.2, -0.15) is 0 Å². The maximum atomic E-state index is 12.0. The van der Waals surface area contributed by atoms with E-state index in [0.717, 1.165) is 31.2 Å². The van der Waals surface area contributed by atoms with Gasteiger partial charge in [-0.3, -0.25) is 4.98 Å². The number of carbonyl (C=O) groups excluding carboxylic acids is 1. The van der Waals surface area contributed by atoms with Crippen molar-refractivity contribution in [2.24, 2.45) is 5.92 Å². The van der Waals surface area contributed by atoms with Gasteiger partial charge in [-0.05, 0) is 44.0 Å². The van der Waals surface area contributed by atoms with Crippen molar-refractivity contribution in [3.63, 3.8) is 0 Å². The van der Waals surface area contributed by atoms with Gasteiger partial charge in [-0.1, -0.05) is 13.0 Å². The van der Waals surface area contributed by atoms with Gasteiger partial charge in [0.25, 0.3) is 0 Å². The van der Waals surface area contributed by atoms with Crippen molar-refractivity contribution in [1.29, 1.82) is 0 Å². The highest BCUT2D eigenvalue weighted by Gasteiger charge is 2.15. The summed E-state index contributed by atoms with van der Waals surface area (Å²) in [5, 5.41) is 2.98. The third-order valence-corrected chi connectivity index (χ3v) is 4.05. The van der Waals surface area contributed by atoms with Crippen LogP contribution in [0.2, 0.25) is 0 Å². The van der Waals surface area contributed by atoms with E-state index in [-0.39, 0.29) is 6.03 Å². The van der Waals surface area contributed by atoms with Crippen LogP contribution in [0.1, 0.15) is 25.5 Å². The molecule has 2 heterocycles. The van der Waals surface area contributed by atoms with E-state index in [9.17, 15) is 4.79 Å². The fraction of sp³-hybridized carbons (Fsp3) is 0.625. The molecular formula is C16H26N4O. The molecule has 1 aliphatic rings. The lowest BCUT2D eigenvalue weighted by Gasteiger charge is -2.30. The van der Waals surface area contributed by atoms with E-state index in [0.29, 0.717) is 13.1 Å². The molecule has 2 amide bonds. The summed E-state index contributed by atoms with van der Waals surface area (Å²) in [4.78, 5) is 20.3. The Hall–Kier alpha value is -1.62. The summed E-state index contributed by atoms with van der Waals surface area (Å²) >= 11 is 0. The predicted octanol–water partition coefficient (Wildman–Crippen LogP) is 1.95. The molecule has 0 unspecified atom stereocenters. The molecule has 0 bridgehead atoms. The summed E-state index contributed by atoms with van der Waals surface area (Å²) in [5.74, 6) is 0.848. The van der Waals surface area contributed by atoms with Crippen LogP contribution in [0, 0.1) is 5.92 Å². The molecule has 0 atom stereocenters. The first-order valence-corrected chi connectivity index (χ1v) is 7.76. The third kappa shape index (κ3) is 5.34. The van der Waals surface area contributed by atoms with Gasteiger partial charge in [-0.25, -0.2) is 4.79 Å². The van der Waals surface area contributed by atoms with E-state index in [1.807, 2.05) is 18.2 Å². The Labute approximate surface area is 127 Å². The highest BCUT2D eigenvalue weighted by atomic mass is 16.2. The number of hydrogen-bond donors (Lipinski definition) is 1. The van der Waals surface area contributed by atoms with Gasteiger partial charge >= 0.3 is 6.03 Å². The lowest BCUT2D eigenvalue weighted by molar-refractivity contribution is 0.184. The summed E-state index contributed by atoms with van der Waals surface area (Å²) in [7, 11) is 1.80. The summed E-state index contributed by atoms with van der Waals surface area (Å²) in [6, 6.07) is 5.71. The highest BCUT2D eigenvalue weighted by Crippen LogP contribution is 2.15. The molecule has 21 heavy (non-hydrogen) atoms. The topological polar surface area (TPSA) is 48.5 Å². The van der Waals surface area contributed by atoms with Gasteiger partial charge in [0.05, 0.1) is 12.2 Å². The second-order valence-corrected chi connectivity index (χ2v) is 5.93. The van der Waals surface area contributed by atoms with Crippen molar-refractivity contribution in [2.75, 3.05) is 33.2 Å².